The number of ketones is 1. The first kappa shape index (κ1) is 105. The summed E-state index contributed by atoms with van der Waals surface area (Å²) in [6.07, 6.45) is 13.7. The quantitative estimate of drug-likeness (QED) is 0.00403. The Hall–Kier alpha value is -11.7. The molecule has 4 atom stereocenters. The number of aliphatic carboxylic acids is 1. The van der Waals surface area contributed by atoms with Crippen molar-refractivity contribution in [1.29, 1.82) is 0 Å². The van der Waals surface area contributed by atoms with Gasteiger partial charge < -0.3 is 77.3 Å². The van der Waals surface area contributed by atoms with Gasteiger partial charge in [0.1, 0.15) is 90.7 Å². The van der Waals surface area contributed by atoms with Gasteiger partial charge in [0.25, 0.3) is 0 Å². The van der Waals surface area contributed by atoms with E-state index in [2.05, 4.69) is 69.5 Å². The Kier molecular flexibility index (Phi) is 54.4. The molecule has 0 aromatic heterocycles. The smallest absolute Gasteiger partial charge is 0.343 e. The summed E-state index contributed by atoms with van der Waals surface area (Å²) in [5.41, 5.74) is 4.34. The minimum Gasteiger partial charge on any atom is -0.508 e. The fourth-order valence-electron chi connectivity index (χ4n) is 9.75. The number of aromatic hydroxyl groups is 2. The van der Waals surface area contributed by atoms with Gasteiger partial charge in [0, 0.05) is 78.2 Å². The average Bonchev–Trinajstić information content (AvgIpc) is 0.840. The summed E-state index contributed by atoms with van der Waals surface area (Å²) in [7, 11) is 0. The zero-order chi connectivity index (χ0) is 89.9. The Morgan fingerprint density at radius 3 is 1.13 bits per heavy atom. The molecule has 0 saturated carbocycles. The number of phenolic OH excluding ortho intramolecular Hbond substituents is 2. The monoisotopic (exact) mass is 1810 g/mol. The number of benzene rings is 6. The van der Waals surface area contributed by atoms with E-state index in [4.69, 9.17) is 62.3 Å². The third-order valence-electron chi connectivity index (χ3n) is 16.2. The molecular weight excluding hydrogens is 1700 g/mol. The Morgan fingerprint density at radius 1 is 0.397 bits per heavy atom. The van der Waals surface area contributed by atoms with E-state index in [1.54, 1.807) is 93.6 Å². The summed E-state index contributed by atoms with van der Waals surface area (Å²) in [5, 5.41) is 37.3. The summed E-state index contributed by atoms with van der Waals surface area (Å²) in [4.78, 5) is 126. The predicted octanol–water partition coefficient (Wildman–Crippen LogP) is 17.2. The largest absolute Gasteiger partial charge is 0.508 e. The van der Waals surface area contributed by atoms with Crippen LogP contribution in [0.4, 0.5) is 0 Å². The first-order valence-electron chi connectivity index (χ1n) is 39.2. The third-order valence-corrected chi connectivity index (χ3v) is 17.3. The number of ether oxygens (including phenoxy) is 12. The molecule has 0 spiro atoms. The SMILES string of the molecule is C=CC(=O)OCC(C)O.C=CC(=O)OCC(C)OC(=O)CCCCCBr.C=CC(=O)OCC(C)OC(=O)CCCCCOc1ccc(C(=C)Oc2ccc(OC(=O)c3ccc(OCCCCCC(=O)OC(C)COC(=O)C=C)cc3)c(C)c2)cc1.Cc1cc(OC(=O)c2ccc(O)cc2)ccc1CC(=O)c1ccc(O)cc1.O=C(O)CCCCCBr. The molecule has 121 heavy (non-hydrogen) atoms. The fraction of sp³-hybridized carbons (Fsp3) is 0.380. The maximum absolute atomic E-state index is 12.9. The number of aliphatic hydroxyl groups is 1. The maximum Gasteiger partial charge on any atom is 0.343 e. The van der Waals surface area contributed by atoms with Gasteiger partial charge in [0.15, 0.2) is 5.78 Å². The molecule has 29 heteroatoms. The van der Waals surface area contributed by atoms with Crippen molar-refractivity contribution in [1.82, 2.24) is 0 Å². The number of aryl methyl sites for hydroxylation is 2. The van der Waals surface area contributed by atoms with Gasteiger partial charge in [-0.1, -0.05) is 83.7 Å². The third kappa shape index (κ3) is 50.1. The van der Waals surface area contributed by atoms with Gasteiger partial charge >= 0.3 is 59.7 Å². The topological polar surface area (TPSA) is 379 Å². The number of esters is 9. The molecule has 0 bridgehead atoms. The molecule has 6 aromatic carbocycles. The van der Waals surface area contributed by atoms with Gasteiger partial charge in [-0.15, -0.1) is 0 Å². The number of carboxylic acid groups (broad SMARTS) is 1. The number of hydrogen-bond acceptors (Lipinski definition) is 26. The van der Waals surface area contributed by atoms with Gasteiger partial charge in [-0.25, -0.2) is 28.8 Å². The van der Waals surface area contributed by atoms with Crippen LogP contribution in [0.25, 0.3) is 5.76 Å². The summed E-state index contributed by atoms with van der Waals surface area (Å²) >= 11 is 6.59. The van der Waals surface area contributed by atoms with E-state index in [1.807, 2.05) is 38.1 Å². The molecule has 4 unspecified atom stereocenters. The van der Waals surface area contributed by atoms with Crippen molar-refractivity contribution in [2.24, 2.45) is 0 Å². The Bertz CT molecular complexity index is 4230. The van der Waals surface area contributed by atoms with Gasteiger partial charge in [-0.05, 0) is 250 Å². The van der Waals surface area contributed by atoms with Gasteiger partial charge in [-0.2, -0.15) is 0 Å². The number of Topliss-reactive ketones (excluding diaryl/α,β-unsaturated/α-hetero) is 1. The number of hydrogen-bond donors (Lipinski definition) is 4. The van der Waals surface area contributed by atoms with Crippen LogP contribution in [0, 0.1) is 13.8 Å². The van der Waals surface area contributed by atoms with Crippen molar-refractivity contribution >= 4 is 103 Å². The Labute approximate surface area is 724 Å². The molecule has 0 aliphatic rings. The van der Waals surface area contributed by atoms with Gasteiger partial charge in [0.05, 0.1) is 30.4 Å². The van der Waals surface area contributed by atoms with E-state index in [9.17, 15) is 63.0 Å². The molecule has 6 aromatic rings. The second-order valence-electron chi connectivity index (χ2n) is 26.9. The van der Waals surface area contributed by atoms with Crippen LogP contribution in [0.5, 0.6) is 40.2 Å². The first-order chi connectivity index (χ1) is 57.8. The van der Waals surface area contributed by atoms with Crippen LogP contribution in [-0.4, -0.2) is 161 Å². The van der Waals surface area contributed by atoms with E-state index in [0.29, 0.717) is 95.7 Å². The Morgan fingerprint density at radius 2 is 0.744 bits per heavy atom. The molecule has 0 fully saturated rings. The maximum atomic E-state index is 12.9. The number of phenols is 2. The highest BCUT2D eigenvalue weighted by molar-refractivity contribution is 9.09. The van der Waals surface area contributed by atoms with Crippen molar-refractivity contribution < 1.29 is 130 Å². The molecule has 0 aliphatic heterocycles. The van der Waals surface area contributed by atoms with Crippen molar-refractivity contribution in [2.75, 3.05) is 50.3 Å². The van der Waals surface area contributed by atoms with Crippen molar-refractivity contribution in [3.63, 3.8) is 0 Å². The van der Waals surface area contributed by atoms with Gasteiger partial charge in [0.2, 0.25) is 0 Å². The number of halogens is 2. The summed E-state index contributed by atoms with van der Waals surface area (Å²) in [6.45, 7) is 28.3. The standard InChI is InChI=1S/C46H54O13.C22H18O5.C12H19BrO4.C6H11BrO2.C6H10O3/c1-7-42(47)54-30-33(4)56-44(49)15-11-9-13-27-52-38-21-17-36(18-22-38)35(6)58-40-25-26-41(32(3)29-40)59-46(51)37-19-23-39(24-20-37)53-28-14-10-12-16-45(50)57-34(5)31-55-43(48)8-2;1-14-12-20(27-22(26)16-4-9-19(24)10-5-16)11-6-17(14)13-21(25)15-2-7-18(23)8-3-15;1-3-11(14)16-9-10(2)17-12(15)7-5-4-6-8-13;7-5-3-1-2-4-6(8)9;1-3-6(8)9-4-5(2)7/h7-8,17-26,29,33-34H,1-2,6,9-16,27-28,30-31H2,3-5H3;2-12,23-24H,13H2,1H3;3,10H,1,4-9H2,2H3;1-5H2,(H,8,9);3,5,7H,1,4H2,2H3. The minimum absolute atomic E-state index is 0.0120. The summed E-state index contributed by atoms with van der Waals surface area (Å²) in [5.74, 6) is -1.66. The number of alkyl halides is 2. The molecule has 0 heterocycles. The lowest BCUT2D eigenvalue weighted by Crippen LogP contribution is -2.21. The zero-order valence-corrected chi connectivity index (χ0v) is 72.6. The average molecular weight is 1810 g/mol. The zero-order valence-electron chi connectivity index (χ0n) is 69.5. The lowest BCUT2D eigenvalue weighted by molar-refractivity contribution is -0.156. The van der Waals surface area contributed by atoms with Crippen LogP contribution in [0.1, 0.15) is 184 Å². The van der Waals surface area contributed by atoms with E-state index in [0.717, 1.165) is 116 Å². The highest BCUT2D eigenvalue weighted by atomic mass is 79.9. The second kappa shape index (κ2) is 62.5. The molecule has 4 N–H and O–H groups in total. The molecular formula is C92H112Br2O27. The van der Waals surface area contributed by atoms with Crippen LogP contribution in [0.3, 0.4) is 0 Å². The number of carbonyl (C=O) groups is 11. The highest BCUT2D eigenvalue weighted by Gasteiger charge is 2.18. The molecule has 0 aliphatic carbocycles. The van der Waals surface area contributed by atoms with Crippen molar-refractivity contribution in [3.05, 3.63) is 230 Å². The van der Waals surface area contributed by atoms with Crippen molar-refractivity contribution in [2.45, 2.75) is 175 Å². The number of rotatable bonds is 49. The van der Waals surface area contributed by atoms with Crippen LogP contribution in [0.15, 0.2) is 191 Å². The lowest BCUT2D eigenvalue weighted by Gasteiger charge is -2.13. The number of aliphatic hydroxyl groups excluding tert-OH is 1. The van der Waals surface area contributed by atoms with Crippen LogP contribution >= 0.6 is 31.9 Å². The molecule has 27 nitrogen and oxygen atoms in total. The second-order valence-corrected chi connectivity index (χ2v) is 28.4. The predicted molar refractivity (Wildman–Crippen MR) is 462 cm³/mol. The molecule has 656 valence electrons. The normalized spacial score (nSPS) is 11.2. The van der Waals surface area contributed by atoms with E-state index in [1.165, 1.54) is 43.3 Å². The molecule has 0 saturated heterocycles. The molecule has 0 radical (unpaired) electrons. The van der Waals surface area contributed by atoms with Crippen molar-refractivity contribution in [3.8, 4) is 40.2 Å². The summed E-state index contributed by atoms with van der Waals surface area (Å²) in [6, 6.07) is 36.2. The molecule has 6 rings (SSSR count). The van der Waals surface area contributed by atoms with Gasteiger partial charge in [-0.3, -0.25) is 24.0 Å². The Balaban J connectivity index is 0.000000646. The highest BCUT2D eigenvalue weighted by Crippen LogP contribution is 2.29. The molecule has 0 amide bonds. The van der Waals surface area contributed by atoms with E-state index < -0.39 is 66.2 Å². The van der Waals surface area contributed by atoms with Crippen LogP contribution < -0.4 is 23.7 Å². The number of carboxylic acids is 1. The fourth-order valence-corrected chi connectivity index (χ4v) is 10.5. The first-order valence-corrected chi connectivity index (χ1v) is 41.4. The van der Waals surface area contributed by atoms with E-state index >= 15 is 0 Å². The summed E-state index contributed by atoms with van der Waals surface area (Å²) < 4.78 is 63.0. The minimum atomic E-state index is -0.690. The van der Waals surface area contributed by atoms with Crippen LogP contribution in [-0.2, 0) is 77.9 Å². The number of carbonyl (C=O) groups excluding carboxylic acids is 10. The van der Waals surface area contributed by atoms with Crippen LogP contribution in [0.2, 0.25) is 0 Å². The van der Waals surface area contributed by atoms with E-state index in [-0.39, 0.29) is 80.9 Å². The number of unbranched alkanes of at least 4 members (excludes halogenated alkanes) is 8. The lowest BCUT2D eigenvalue weighted by atomic mass is 9.99.